The lowest BCUT2D eigenvalue weighted by Crippen LogP contribution is -2.04. The van der Waals surface area contributed by atoms with Crippen LogP contribution >= 0.6 is 0 Å². The molecule has 0 unspecified atom stereocenters. The number of nitrogens with zero attached hydrogens (tertiary/aromatic N) is 5. The first kappa shape index (κ1) is 32.5. The maximum atomic E-state index is 11.1. The number of rotatable bonds is 3. The predicted molar refractivity (Wildman–Crippen MR) is 244 cm³/mol. The van der Waals surface area contributed by atoms with Gasteiger partial charge in [-0.25, -0.2) is 0 Å². The van der Waals surface area contributed by atoms with Gasteiger partial charge in [0.05, 0.1) is 55.6 Å². The van der Waals surface area contributed by atoms with Crippen LogP contribution in [0.3, 0.4) is 0 Å². The lowest BCUT2D eigenvalue weighted by Gasteiger charge is -2.16. The Labute approximate surface area is 341 Å². The number of benzene rings is 9. The number of para-hydroxylation sites is 4. The molecule has 0 aliphatic rings. The topological polar surface area (TPSA) is 75.5 Å². The minimum atomic E-state index is 0.460. The van der Waals surface area contributed by atoms with Crippen LogP contribution in [0.2, 0.25) is 0 Å². The Morgan fingerprint density at radius 2 is 0.883 bits per heavy atom. The van der Waals surface area contributed by atoms with Gasteiger partial charge in [0.2, 0.25) is 0 Å². The number of nitriles is 2. The Morgan fingerprint density at radius 3 is 1.57 bits per heavy atom. The highest BCUT2D eigenvalue weighted by Crippen LogP contribution is 2.43. The summed E-state index contributed by atoms with van der Waals surface area (Å²) < 4.78 is 13.0. The zero-order valence-electron chi connectivity index (χ0n) is 31.9. The van der Waals surface area contributed by atoms with Gasteiger partial charge in [0.1, 0.15) is 23.3 Å². The summed E-state index contributed by atoms with van der Waals surface area (Å²) >= 11 is 0. The van der Waals surface area contributed by atoms with Crippen molar-refractivity contribution in [2.45, 2.75) is 0 Å². The van der Waals surface area contributed by atoms with Crippen LogP contribution < -0.4 is 0 Å². The van der Waals surface area contributed by atoms with Gasteiger partial charge in [0.15, 0.2) is 0 Å². The summed E-state index contributed by atoms with van der Waals surface area (Å²) in [4.78, 5) is 0. The fraction of sp³-hybridized carbons (Fsp3) is 0. The van der Waals surface area contributed by atoms with Gasteiger partial charge in [-0.05, 0) is 83.6 Å². The van der Waals surface area contributed by atoms with Crippen LogP contribution in [0, 0.1) is 22.7 Å². The van der Waals surface area contributed by atoms with E-state index in [1.54, 1.807) is 0 Å². The number of hydrogen-bond donors (Lipinski definition) is 0. The molecule has 0 bridgehead atoms. The molecule has 6 nitrogen and oxygen atoms in total. The largest absolute Gasteiger partial charge is 0.456 e. The molecule has 13 rings (SSSR count). The molecule has 0 aliphatic heterocycles. The van der Waals surface area contributed by atoms with Crippen molar-refractivity contribution in [1.29, 1.82) is 10.5 Å². The van der Waals surface area contributed by atoms with Crippen LogP contribution in [-0.4, -0.2) is 13.7 Å². The fourth-order valence-electron chi connectivity index (χ4n) is 9.95. The van der Waals surface area contributed by atoms with Gasteiger partial charge in [0, 0.05) is 48.8 Å². The summed E-state index contributed by atoms with van der Waals surface area (Å²) in [6.07, 6.45) is 0. The van der Waals surface area contributed by atoms with Crippen LogP contribution in [0.5, 0.6) is 0 Å². The van der Waals surface area contributed by atoms with Crippen molar-refractivity contribution in [3.63, 3.8) is 0 Å². The minimum Gasteiger partial charge on any atom is -0.456 e. The van der Waals surface area contributed by atoms with Crippen LogP contribution in [0.4, 0.5) is 0 Å². The minimum absolute atomic E-state index is 0.460. The Kier molecular flexibility index (Phi) is 6.48. The normalized spacial score (nSPS) is 12.0. The highest BCUT2D eigenvalue weighted by atomic mass is 16.3. The molecule has 0 saturated carbocycles. The second-order valence-corrected chi connectivity index (χ2v) is 15.5. The molecule has 0 N–H and O–H groups in total. The molecule has 0 fully saturated rings. The van der Waals surface area contributed by atoms with Crippen LogP contribution in [0.15, 0.2) is 180 Å². The molecule has 0 spiro atoms. The van der Waals surface area contributed by atoms with Crippen LogP contribution in [0.1, 0.15) is 11.1 Å². The average molecular weight is 764 g/mol. The van der Waals surface area contributed by atoms with Gasteiger partial charge in [-0.2, -0.15) is 10.5 Å². The quantitative estimate of drug-likeness (QED) is 0.180. The van der Waals surface area contributed by atoms with Crippen LogP contribution in [-0.2, 0) is 0 Å². The third-order valence-corrected chi connectivity index (χ3v) is 12.5. The summed E-state index contributed by atoms with van der Waals surface area (Å²) in [6.45, 7) is 0. The van der Waals surface area contributed by atoms with E-state index in [2.05, 4.69) is 159 Å². The summed E-state index contributed by atoms with van der Waals surface area (Å²) in [5.74, 6) is 0. The number of hydrogen-bond acceptors (Lipinski definition) is 3. The van der Waals surface area contributed by atoms with E-state index in [1.165, 1.54) is 10.8 Å². The standard InChI is InChI=1S/C54H29N5O/c55-30-33-26-50(59-46-19-9-5-15-39(46)41-29-53-42(28-51(41)59)40-16-6-10-20-52(40)60-53)34(31-56)25-49(33)58-47-24-22-35(27-43(47)54-36-12-2-1-11-32(36)21-23-48(54)58)57-44-17-7-3-13-37(44)38-14-4-8-18-45(38)57/h1-29H. The van der Waals surface area contributed by atoms with E-state index in [0.717, 1.165) is 93.0 Å². The third kappa shape index (κ3) is 4.29. The second-order valence-electron chi connectivity index (χ2n) is 15.5. The van der Waals surface area contributed by atoms with E-state index < -0.39 is 0 Å². The highest BCUT2D eigenvalue weighted by molar-refractivity contribution is 6.22. The third-order valence-electron chi connectivity index (χ3n) is 12.5. The first-order chi connectivity index (χ1) is 29.7. The Bertz CT molecular complexity index is 4050. The maximum absolute atomic E-state index is 11.1. The Balaban J connectivity index is 1.10. The summed E-state index contributed by atoms with van der Waals surface area (Å²) in [6, 6.07) is 65.9. The number of fused-ring (bicyclic) bond motifs is 14. The van der Waals surface area contributed by atoms with E-state index in [9.17, 15) is 10.5 Å². The maximum Gasteiger partial charge on any atom is 0.136 e. The molecule has 9 aromatic carbocycles. The average Bonchev–Trinajstić information content (AvgIpc) is 4.03. The summed E-state index contributed by atoms with van der Waals surface area (Å²) in [5.41, 5.74) is 11.0. The first-order valence-corrected chi connectivity index (χ1v) is 20.0. The number of furan rings is 1. The molecule has 4 heterocycles. The SMILES string of the molecule is N#Cc1cc(-n2c3ccc(-n4c5ccccc5c5ccccc54)cc3c3c4ccccc4ccc32)c(C#N)cc1-n1c2ccccc2c2cc3oc4ccccc4c3cc21. The zero-order valence-corrected chi connectivity index (χ0v) is 31.9. The lowest BCUT2D eigenvalue weighted by molar-refractivity contribution is 0.669. The van der Waals surface area contributed by atoms with E-state index in [-0.39, 0.29) is 0 Å². The van der Waals surface area contributed by atoms with Gasteiger partial charge in [-0.3, -0.25) is 0 Å². The molecule has 0 amide bonds. The fourth-order valence-corrected chi connectivity index (χ4v) is 9.95. The van der Waals surface area contributed by atoms with Gasteiger partial charge in [-0.15, -0.1) is 0 Å². The Morgan fingerprint density at radius 1 is 0.350 bits per heavy atom. The Hall–Kier alpha value is -8.58. The molecule has 13 aromatic rings. The van der Waals surface area contributed by atoms with E-state index in [1.807, 2.05) is 42.5 Å². The van der Waals surface area contributed by atoms with Gasteiger partial charge in [0.25, 0.3) is 0 Å². The van der Waals surface area contributed by atoms with Gasteiger partial charge < -0.3 is 18.1 Å². The smallest absolute Gasteiger partial charge is 0.136 e. The van der Waals surface area contributed by atoms with Crippen LogP contribution in [0.25, 0.3) is 115 Å². The highest BCUT2D eigenvalue weighted by Gasteiger charge is 2.23. The van der Waals surface area contributed by atoms with Crippen molar-refractivity contribution in [2.75, 3.05) is 0 Å². The molecular formula is C54H29N5O. The monoisotopic (exact) mass is 763 g/mol. The van der Waals surface area contributed by atoms with E-state index >= 15 is 0 Å². The zero-order chi connectivity index (χ0) is 39.6. The molecule has 60 heavy (non-hydrogen) atoms. The molecule has 0 atom stereocenters. The lowest BCUT2D eigenvalue weighted by atomic mass is 10.0. The second kappa shape index (κ2) is 12.0. The van der Waals surface area contributed by atoms with Crippen molar-refractivity contribution in [2.24, 2.45) is 0 Å². The molecule has 0 saturated heterocycles. The molecule has 6 heteroatoms. The molecule has 4 aromatic heterocycles. The molecular weight excluding hydrogens is 735 g/mol. The predicted octanol–water partition coefficient (Wildman–Crippen LogP) is 13.8. The number of aromatic nitrogens is 3. The molecule has 0 radical (unpaired) electrons. The van der Waals surface area contributed by atoms with E-state index in [0.29, 0.717) is 22.5 Å². The van der Waals surface area contributed by atoms with Crippen molar-refractivity contribution in [3.05, 3.63) is 187 Å². The van der Waals surface area contributed by atoms with E-state index in [4.69, 9.17) is 4.42 Å². The van der Waals surface area contributed by atoms with Gasteiger partial charge in [-0.1, -0.05) is 103 Å². The van der Waals surface area contributed by atoms with Crippen molar-refractivity contribution in [1.82, 2.24) is 13.7 Å². The summed E-state index contributed by atoms with van der Waals surface area (Å²) in [7, 11) is 0. The van der Waals surface area contributed by atoms with Gasteiger partial charge >= 0.3 is 0 Å². The first-order valence-electron chi connectivity index (χ1n) is 20.0. The van der Waals surface area contributed by atoms with Crippen molar-refractivity contribution >= 4 is 98.1 Å². The summed E-state index contributed by atoms with van der Waals surface area (Å²) in [5, 5.41) is 33.0. The molecule has 276 valence electrons. The van der Waals surface area contributed by atoms with Crippen molar-refractivity contribution in [3.8, 4) is 29.2 Å². The van der Waals surface area contributed by atoms with Crippen molar-refractivity contribution < 1.29 is 4.42 Å². The molecule has 0 aliphatic carbocycles.